The average molecular weight is 147 g/mol. The van der Waals surface area contributed by atoms with Crippen molar-refractivity contribution in [3.05, 3.63) is 0 Å². The topological polar surface area (TPSA) is 20.2 Å². The Balaban J connectivity index is -0.0000000800. The van der Waals surface area contributed by atoms with Crippen LogP contribution < -0.4 is 0 Å². The molecule has 0 heterocycles. The molecule has 3 heteroatoms. The molecule has 0 aliphatic heterocycles. The van der Waals surface area contributed by atoms with Crippen molar-refractivity contribution in [1.29, 1.82) is 0 Å². The Bertz CT molecular complexity index is 23.7. The molecule has 0 spiro atoms. The molecule has 0 unspecified atom stereocenters. The summed E-state index contributed by atoms with van der Waals surface area (Å²) in [6, 6.07) is 0. The third-order valence-electron chi connectivity index (χ3n) is 0.365. The molecule has 0 radical (unpaired) electrons. The SMILES string of the molecule is CC(C)CO.Cl.Cl. The van der Waals surface area contributed by atoms with Gasteiger partial charge in [0.05, 0.1) is 0 Å². The Labute approximate surface area is 56.9 Å². The highest BCUT2D eigenvalue weighted by Gasteiger charge is 1.81. The summed E-state index contributed by atoms with van der Waals surface area (Å²) in [6.45, 7) is 4.25. The Morgan fingerprint density at radius 2 is 1.43 bits per heavy atom. The number of aliphatic hydroxyl groups is 1. The molecule has 0 aromatic carbocycles. The fourth-order valence-corrected chi connectivity index (χ4v) is 0. The highest BCUT2D eigenvalue weighted by atomic mass is 35.5. The number of hydrogen-bond acceptors (Lipinski definition) is 1. The van der Waals surface area contributed by atoms with E-state index < -0.39 is 0 Å². The minimum Gasteiger partial charge on any atom is -0.396 e. The van der Waals surface area contributed by atoms with Crippen molar-refractivity contribution < 1.29 is 5.11 Å². The quantitative estimate of drug-likeness (QED) is 0.595. The minimum atomic E-state index is 0. The Hall–Kier alpha value is 0.540. The van der Waals surface area contributed by atoms with Crippen LogP contribution in [0.25, 0.3) is 0 Å². The minimum absolute atomic E-state index is 0. The molecule has 0 rings (SSSR count). The van der Waals surface area contributed by atoms with E-state index in [4.69, 9.17) is 5.11 Å². The first-order chi connectivity index (χ1) is 2.27. The van der Waals surface area contributed by atoms with E-state index in [1.54, 1.807) is 0 Å². The largest absolute Gasteiger partial charge is 0.396 e. The van der Waals surface area contributed by atoms with E-state index in [1.807, 2.05) is 13.8 Å². The van der Waals surface area contributed by atoms with Gasteiger partial charge in [-0.15, -0.1) is 24.8 Å². The van der Waals surface area contributed by atoms with Crippen LogP contribution >= 0.6 is 24.8 Å². The molecule has 0 atom stereocenters. The molecule has 7 heavy (non-hydrogen) atoms. The van der Waals surface area contributed by atoms with Crippen LogP contribution in [0.2, 0.25) is 0 Å². The summed E-state index contributed by atoms with van der Waals surface area (Å²) in [5.74, 6) is 0.440. The van der Waals surface area contributed by atoms with Crippen LogP contribution in [0.1, 0.15) is 13.8 Å². The Morgan fingerprint density at radius 3 is 1.43 bits per heavy atom. The van der Waals surface area contributed by atoms with E-state index in [2.05, 4.69) is 0 Å². The van der Waals surface area contributed by atoms with Crippen molar-refractivity contribution in [3.8, 4) is 0 Å². The number of rotatable bonds is 1. The third kappa shape index (κ3) is 20.9. The van der Waals surface area contributed by atoms with E-state index in [1.165, 1.54) is 0 Å². The summed E-state index contributed by atoms with van der Waals surface area (Å²) in [7, 11) is 0. The Morgan fingerprint density at radius 1 is 1.29 bits per heavy atom. The fraction of sp³-hybridized carbons (Fsp3) is 1.00. The lowest BCUT2D eigenvalue weighted by Crippen LogP contribution is -1.90. The predicted octanol–water partition coefficient (Wildman–Crippen LogP) is 1.48. The first-order valence-electron chi connectivity index (χ1n) is 1.88. The lowest BCUT2D eigenvalue weighted by molar-refractivity contribution is 0.248. The standard InChI is InChI=1S/C4H10O.2ClH/c1-4(2)3-5;;/h4-5H,3H2,1-2H3;2*1H. The van der Waals surface area contributed by atoms with Crippen LogP contribution in [0, 0.1) is 5.92 Å². The van der Waals surface area contributed by atoms with Crippen LogP contribution in [0.3, 0.4) is 0 Å². The first-order valence-corrected chi connectivity index (χ1v) is 1.88. The van der Waals surface area contributed by atoms with Crippen molar-refractivity contribution >= 4 is 24.8 Å². The van der Waals surface area contributed by atoms with Crippen molar-refractivity contribution in [2.75, 3.05) is 6.61 Å². The maximum Gasteiger partial charge on any atom is 0.0453 e. The van der Waals surface area contributed by atoms with Gasteiger partial charge in [-0.2, -0.15) is 0 Å². The summed E-state index contributed by atoms with van der Waals surface area (Å²) in [6.07, 6.45) is 0. The van der Waals surface area contributed by atoms with E-state index in [-0.39, 0.29) is 24.8 Å². The molecule has 1 N–H and O–H groups in total. The molecule has 48 valence electrons. The average Bonchev–Trinajstić information content (AvgIpc) is 1.38. The van der Waals surface area contributed by atoms with Gasteiger partial charge in [-0.25, -0.2) is 0 Å². The summed E-state index contributed by atoms with van der Waals surface area (Å²) in [4.78, 5) is 0. The highest BCUT2D eigenvalue weighted by molar-refractivity contribution is 5.85. The molecule has 0 fully saturated rings. The number of halogens is 2. The van der Waals surface area contributed by atoms with Gasteiger partial charge in [-0.3, -0.25) is 0 Å². The van der Waals surface area contributed by atoms with Gasteiger partial charge in [-0.05, 0) is 5.92 Å². The van der Waals surface area contributed by atoms with Gasteiger partial charge in [-0.1, -0.05) is 13.8 Å². The van der Waals surface area contributed by atoms with Crippen molar-refractivity contribution in [1.82, 2.24) is 0 Å². The second kappa shape index (κ2) is 9.74. The van der Waals surface area contributed by atoms with Crippen molar-refractivity contribution in [2.45, 2.75) is 13.8 Å². The van der Waals surface area contributed by atoms with Crippen molar-refractivity contribution in [3.63, 3.8) is 0 Å². The fourth-order valence-electron chi connectivity index (χ4n) is 0. The molecule has 0 aliphatic carbocycles. The highest BCUT2D eigenvalue weighted by Crippen LogP contribution is 1.83. The molecule has 0 aliphatic rings. The number of hydrogen-bond donors (Lipinski definition) is 1. The predicted molar refractivity (Wildman–Crippen MR) is 36.4 cm³/mol. The van der Waals surface area contributed by atoms with Gasteiger partial charge >= 0.3 is 0 Å². The van der Waals surface area contributed by atoms with Gasteiger partial charge in [0.15, 0.2) is 0 Å². The van der Waals surface area contributed by atoms with Crippen LogP contribution in [0.5, 0.6) is 0 Å². The van der Waals surface area contributed by atoms with Gasteiger partial charge in [0, 0.05) is 6.61 Å². The van der Waals surface area contributed by atoms with Gasteiger partial charge in [0.1, 0.15) is 0 Å². The molecule has 0 bridgehead atoms. The molecule has 1 nitrogen and oxygen atoms in total. The van der Waals surface area contributed by atoms with E-state index >= 15 is 0 Å². The molecule has 0 amide bonds. The zero-order chi connectivity index (χ0) is 4.28. The second-order valence-corrected chi connectivity index (χ2v) is 1.58. The van der Waals surface area contributed by atoms with Crippen LogP contribution in [0.4, 0.5) is 0 Å². The van der Waals surface area contributed by atoms with Crippen LogP contribution in [-0.4, -0.2) is 11.7 Å². The lowest BCUT2D eigenvalue weighted by atomic mass is 10.2. The van der Waals surface area contributed by atoms with Crippen LogP contribution in [-0.2, 0) is 0 Å². The maximum atomic E-state index is 8.14. The summed E-state index contributed by atoms with van der Waals surface area (Å²) >= 11 is 0. The molecule has 0 aromatic rings. The monoisotopic (exact) mass is 146 g/mol. The lowest BCUT2D eigenvalue weighted by Gasteiger charge is -1.90. The maximum absolute atomic E-state index is 8.14. The van der Waals surface area contributed by atoms with Crippen LogP contribution in [0.15, 0.2) is 0 Å². The first kappa shape index (κ1) is 15.6. The second-order valence-electron chi connectivity index (χ2n) is 1.58. The van der Waals surface area contributed by atoms with E-state index in [0.717, 1.165) is 0 Å². The molecular weight excluding hydrogens is 135 g/mol. The molecule has 0 aromatic heterocycles. The van der Waals surface area contributed by atoms with E-state index in [0.29, 0.717) is 12.5 Å². The smallest absolute Gasteiger partial charge is 0.0453 e. The zero-order valence-corrected chi connectivity index (χ0v) is 6.18. The van der Waals surface area contributed by atoms with Gasteiger partial charge in [0.25, 0.3) is 0 Å². The number of aliphatic hydroxyl groups excluding tert-OH is 1. The summed E-state index contributed by atoms with van der Waals surface area (Å²) in [5.41, 5.74) is 0. The zero-order valence-electron chi connectivity index (χ0n) is 4.55. The van der Waals surface area contributed by atoms with Gasteiger partial charge < -0.3 is 5.11 Å². The van der Waals surface area contributed by atoms with Gasteiger partial charge in [0.2, 0.25) is 0 Å². The summed E-state index contributed by atoms with van der Waals surface area (Å²) in [5, 5.41) is 8.14. The van der Waals surface area contributed by atoms with Crippen molar-refractivity contribution in [2.24, 2.45) is 5.92 Å². The van der Waals surface area contributed by atoms with E-state index in [9.17, 15) is 0 Å². The Kier molecular flexibility index (Phi) is 21.8. The molecular formula is C4H12Cl2O. The molecule has 0 saturated heterocycles. The molecule has 0 saturated carbocycles. The summed E-state index contributed by atoms with van der Waals surface area (Å²) < 4.78 is 0. The normalized spacial score (nSPS) is 6.86. The third-order valence-corrected chi connectivity index (χ3v) is 0.365.